The molecule has 0 fully saturated rings. The number of carbonyl (C=O) groups is 2. The van der Waals surface area contributed by atoms with Gasteiger partial charge < -0.3 is 24.9 Å². The number of methoxy groups -OCH3 is 1. The molecule has 1 aliphatic heterocycles. The maximum absolute atomic E-state index is 12.7. The number of ketones is 1. The molecule has 0 unspecified atom stereocenters. The molecule has 2 heterocycles. The number of halogens is 3. The van der Waals surface area contributed by atoms with Crippen LogP contribution in [-0.2, 0) is 17.8 Å². The lowest BCUT2D eigenvalue weighted by atomic mass is 9.92. The fourth-order valence-electron chi connectivity index (χ4n) is 3.32. The van der Waals surface area contributed by atoms with Crippen LogP contribution in [0.3, 0.4) is 0 Å². The molecule has 1 aromatic carbocycles. The van der Waals surface area contributed by atoms with E-state index < -0.39 is 12.1 Å². The zero-order valence-electron chi connectivity index (χ0n) is 16.8. The van der Waals surface area contributed by atoms with E-state index in [0.29, 0.717) is 17.9 Å². The number of aliphatic carboxylic acids is 1. The molecule has 0 amide bonds. The number of aromatic amines is 1. The van der Waals surface area contributed by atoms with Crippen molar-refractivity contribution in [2.75, 3.05) is 20.7 Å². The van der Waals surface area contributed by atoms with Crippen LogP contribution in [0, 0.1) is 0 Å². The summed E-state index contributed by atoms with van der Waals surface area (Å²) in [5.41, 5.74) is 5.86. The summed E-state index contributed by atoms with van der Waals surface area (Å²) in [7, 11) is 3.72. The largest absolute Gasteiger partial charge is 0.542 e. The molecule has 2 aromatic rings. The predicted octanol–water partition coefficient (Wildman–Crippen LogP) is 1.18. The molecule has 0 spiro atoms. The number of benzene rings is 1. The summed E-state index contributed by atoms with van der Waals surface area (Å²) >= 11 is 0. The van der Waals surface area contributed by atoms with Gasteiger partial charge in [-0.1, -0.05) is 12.1 Å². The topological polar surface area (TPSA) is 97.3 Å². The molecule has 0 saturated carbocycles. The summed E-state index contributed by atoms with van der Waals surface area (Å²) in [6, 6.07) is 7.84. The summed E-state index contributed by atoms with van der Waals surface area (Å²) in [6.45, 7) is 1.57. The number of aromatic nitrogens is 1. The normalized spacial score (nSPS) is 14.9. The average molecular weight is 435 g/mol. The van der Waals surface area contributed by atoms with Crippen LogP contribution in [0.1, 0.15) is 27.2 Å². The molecule has 4 rings (SSSR count). The highest BCUT2D eigenvalue weighted by molar-refractivity contribution is 6.24. The number of hydrogen-bond donors (Lipinski definition) is 2. The van der Waals surface area contributed by atoms with E-state index in [9.17, 15) is 18.0 Å². The molecule has 1 aliphatic carbocycles. The number of carboxylic acid groups (broad SMARTS) is 1. The molecule has 2 aliphatic rings. The summed E-state index contributed by atoms with van der Waals surface area (Å²) < 4.78 is 38.9. The van der Waals surface area contributed by atoms with Gasteiger partial charge in [0, 0.05) is 25.2 Å². The van der Waals surface area contributed by atoms with Gasteiger partial charge in [-0.25, -0.2) is 4.58 Å². The van der Waals surface area contributed by atoms with Crippen LogP contribution >= 0.6 is 0 Å². The van der Waals surface area contributed by atoms with Gasteiger partial charge in [0.15, 0.2) is 0 Å². The summed E-state index contributed by atoms with van der Waals surface area (Å²) in [5, 5.41) is 12.1. The molecule has 10 heteroatoms. The highest BCUT2D eigenvalue weighted by Crippen LogP contribution is 2.26. The lowest BCUT2D eigenvalue weighted by molar-refractivity contribution is -0.497. The van der Waals surface area contributed by atoms with Crippen LogP contribution in [0.2, 0.25) is 0 Å². The van der Waals surface area contributed by atoms with Crippen molar-refractivity contribution in [3.05, 3.63) is 64.6 Å². The molecule has 7 nitrogen and oxygen atoms in total. The Morgan fingerprint density at radius 1 is 1.29 bits per heavy atom. The van der Waals surface area contributed by atoms with Crippen molar-refractivity contribution in [2.24, 2.45) is 0 Å². The Bertz CT molecular complexity index is 1070. The van der Waals surface area contributed by atoms with E-state index in [0.717, 1.165) is 35.6 Å². The van der Waals surface area contributed by atoms with E-state index >= 15 is 0 Å². The molecular weight excluding hydrogens is 415 g/mol. The quantitative estimate of drug-likeness (QED) is 0.703. The van der Waals surface area contributed by atoms with Crippen LogP contribution < -0.4 is 15.2 Å². The summed E-state index contributed by atoms with van der Waals surface area (Å²) in [6.07, 6.45) is -0.276. The maximum atomic E-state index is 12.7. The summed E-state index contributed by atoms with van der Waals surface area (Å²) in [4.78, 5) is 24.7. The first kappa shape index (κ1) is 22.1. The lowest BCUT2D eigenvalue weighted by Gasteiger charge is -2.19. The van der Waals surface area contributed by atoms with Gasteiger partial charge in [0.1, 0.15) is 31.0 Å². The van der Waals surface area contributed by atoms with E-state index in [2.05, 4.69) is 21.9 Å². The van der Waals surface area contributed by atoms with E-state index in [1.54, 1.807) is 7.11 Å². The predicted molar refractivity (Wildman–Crippen MR) is 103 cm³/mol. The number of alkyl halides is 3. The number of carboxylic acids is 1. The molecule has 31 heavy (non-hydrogen) atoms. The first-order valence-corrected chi connectivity index (χ1v) is 9.32. The third-order valence-corrected chi connectivity index (χ3v) is 4.97. The number of rotatable bonds is 4. The zero-order valence-corrected chi connectivity index (χ0v) is 16.8. The van der Waals surface area contributed by atoms with Gasteiger partial charge in [0.25, 0.3) is 0 Å². The second kappa shape index (κ2) is 8.66. The van der Waals surface area contributed by atoms with Crippen LogP contribution in [0.15, 0.2) is 42.2 Å². The van der Waals surface area contributed by atoms with Crippen molar-refractivity contribution in [3.63, 3.8) is 0 Å². The maximum Gasteiger partial charge on any atom is 0.430 e. The third kappa shape index (κ3) is 4.79. The second-order valence-electron chi connectivity index (χ2n) is 6.99. The molecule has 0 radical (unpaired) electrons. The number of H-pyrrole nitrogens is 1. The van der Waals surface area contributed by atoms with E-state index in [1.165, 1.54) is 5.56 Å². The Balaban J connectivity index is 0.000000339. The minimum atomic E-state index is -5.19. The number of ether oxygens (including phenoxy) is 1. The minimum Gasteiger partial charge on any atom is -0.542 e. The number of allylic oxidation sites excluding steroid dienone is 2. The van der Waals surface area contributed by atoms with Crippen molar-refractivity contribution in [3.8, 4) is 5.75 Å². The zero-order chi connectivity index (χ0) is 22.8. The molecule has 0 bridgehead atoms. The number of carbonyl (C=O) groups excluding carboxylic acids is 2. The van der Waals surface area contributed by atoms with Crippen LogP contribution in [0.4, 0.5) is 13.2 Å². The number of nitrogens with one attached hydrogen (secondary N) is 2. The van der Waals surface area contributed by atoms with Gasteiger partial charge >= 0.3 is 6.18 Å². The van der Waals surface area contributed by atoms with Crippen molar-refractivity contribution in [1.29, 1.82) is 0 Å². The van der Waals surface area contributed by atoms with Crippen molar-refractivity contribution >= 4 is 17.5 Å². The smallest absolute Gasteiger partial charge is 0.430 e. The first-order valence-electron chi connectivity index (χ1n) is 9.32. The molecule has 1 aromatic heterocycles. The number of Topliss-reactive ketones (excluding diaryl/α,β-unsaturated/α-hetero) is 1. The van der Waals surface area contributed by atoms with E-state index in [-0.39, 0.29) is 5.78 Å². The Kier molecular flexibility index (Phi) is 6.19. The molecule has 0 atom stereocenters. The van der Waals surface area contributed by atoms with E-state index in [4.69, 9.17) is 14.6 Å². The van der Waals surface area contributed by atoms with Crippen molar-refractivity contribution < 1.29 is 37.2 Å². The number of nitrogens with zero attached hydrogens (tertiary/aromatic N) is 1. The monoisotopic (exact) mass is 435 g/mol. The number of likely N-dealkylation sites (N-methyl/N-ethyl adjacent to an activating group) is 1. The van der Waals surface area contributed by atoms with Crippen molar-refractivity contribution in [2.45, 2.75) is 19.1 Å². The fourth-order valence-corrected chi connectivity index (χ4v) is 3.32. The van der Waals surface area contributed by atoms with Gasteiger partial charge in [0.05, 0.1) is 18.4 Å². The first-order chi connectivity index (χ1) is 14.6. The van der Waals surface area contributed by atoms with Crippen LogP contribution in [0.5, 0.6) is 5.75 Å². The highest BCUT2D eigenvalue weighted by atomic mass is 19.4. The van der Waals surface area contributed by atoms with Gasteiger partial charge in [-0.2, -0.15) is 13.2 Å². The van der Waals surface area contributed by atoms with Gasteiger partial charge in [-0.3, -0.25) is 4.79 Å². The summed E-state index contributed by atoms with van der Waals surface area (Å²) in [5.74, 6) is -2.15. The third-order valence-electron chi connectivity index (χ3n) is 4.97. The average Bonchev–Trinajstić information content (AvgIpc) is 3.17. The highest BCUT2D eigenvalue weighted by Gasteiger charge is 2.35. The SMILES string of the molecule is COc1ccc(CNC2=CC3=[N+](C)CCc4c[nH]c(c43)C2=O)cc1.O=C([O-])C(F)(F)F. The number of hydrogen-bond acceptors (Lipinski definition) is 5. The van der Waals surface area contributed by atoms with Crippen LogP contribution in [-0.4, -0.2) is 53.9 Å². The standard InChI is InChI=1S/C19H19N3O2.C2HF3O2/c1-22-8-7-13-11-21-18-17(13)16(22)9-15(19(18)23)20-10-12-3-5-14(24-2)6-4-12;3-2(4,5)1(6)7/h3-6,9,11H,7-8,10H2,1-2H3,(H,20,21,23);(H,6,7). The Labute approximate surface area is 175 Å². The Morgan fingerprint density at radius 3 is 2.52 bits per heavy atom. The van der Waals surface area contributed by atoms with Gasteiger partial charge in [0.2, 0.25) is 11.5 Å². The Hall–Kier alpha value is -3.56. The van der Waals surface area contributed by atoms with Crippen LogP contribution in [0.25, 0.3) is 0 Å². The molecule has 2 N–H and O–H groups in total. The minimum absolute atomic E-state index is 0.0313. The van der Waals surface area contributed by atoms with Crippen molar-refractivity contribution in [1.82, 2.24) is 10.3 Å². The second-order valence-corrected chi connectivity index (χ2v) is 6.99. The molecule has 0 saturated heterocycles. The molecule has 164 valence electrons. The lowest BCUT2D eigenvalue weighted by Crippen LogP contribution is -2.37. The van der Waals surface area contributed by atoms with Gasteiger partial charge in [-0.15, -0.1) is 0 Å². The van der Waals surface area contributed by atoms with E-state index in [1.807, 2.05) is 36.5 Å². The fraction of sp³-hybridized carbons (Fsp3) is 0.286. The van der Waals surface area contributed by atoms with Gasteiger partial charge in [-0.05, 0) is 23.3 Å². The Morgan fingerprint density at radius 2 is 1.94 bits per heavy atom. The molecular formula is C21H20F3N3O4.